The number of carbonyl (C=O) groups excluding carboxylic acids is 3. The van der Waals surface area contributed by atoms with Crippen molar-refractivity contribution in [1.29, 1.82) is 0 Å². The molecule has 0 bridgehead atoms. The number of amides is 3. The number of ether oxygens (including phenoxy) is 1. The molecule has 28 heavy (non-hydrogen) atoms. The van der Waals surface area contributed by atoms with Gasteiger partial charge in [-0.15, -0.1) is 46.4 Å². The van der Waals surface area contributed by atoms with Crippen molar-refractivity contribution in [2.24, 2.45) is 11.8 Å². The average Bonchev–Trinajstić information content (AvgIpc) is 2.95. The largest absolute Gasteiger partial charge is 0.499 e. The standard InChI is InChI=1S/C18H26Cl4N2O4/c1-5-14(25)23-11(6-9(2)16(19)20)18(27)24-12(7-10(3)17(21)22)13(28-4)8-15(24)26/h8-12,16-17H,5-7H2,1-4H3,(H,23,25). The van der Waals surface area contributed by atoms with Gasteiger partial charge in [-0.05, 0) is 24.7 Å². The van der Waals surface area contributed by atoms with Crippen molar-refractivity contribution in [2.45, 2.75) is 61.8 Å². The Balaban J connectivity index is 3.14. The van der Waals surface area contributed by atoms with E-state index in [2.05, 4.69) is 5.32 Å². The molecule has 0 saturated heterocycles. The minimum absolute atomic E-state index is 0.185. The molecule has 0 aromatic rings. The molecule has 1 aliphatic rings. The lowest BCUT2D eigenvalue weighted by Crippen LogP contribution is -2.53. The lowest BCUT2D eigenvalue weighted by atomic mass is 9.99. The van der Waals surface area contributed by atoms with E-state index in [9.17, 15) is 14.4 Å². The summed E-state index contributed by atoms with van der Waals surface area (Å²) in [6.45, 7) is 5.25. The second kappa shape index (κ2) is 11.5. The maximum atomic E-state index is 13.2. The molecule has 1 heterocycles. The van der Waals surface area contributed by atoms with Gasteiger partial charge in [0.25, 0.3) is 11.8 Å². The number of rotatable bonds is 10. The number of nitrogens with zero attached hydrogens (tertiary/aromatic N) is 1. The molecule has 6 nitrogen and oxygen atoms in total. The summed E-state index contributed by atoms with van der Waals surface area (Å²) in [6.07, 6.45) is 1.97. The molecule has 0 aromatic carbocycles. The van der Waals surface area contributed by atoms with Gasteiger partial charge in [0.2, 0.25) is 5.91 Å². The summed E-state index contributed by atoms with van der Waals surface area (Å²) in [6, 6.07) is -1.60. The number of methoxy groups -OCH3 is 1. The Morgan fingerprint density at radius 2 is 1.75 bits per heavy atom. The van der Waals surface area contributed by atoms with Crippen LogP contribution in [-0.4, -0.2) is 51.5 Å². The number of halogens is 4. The summed E-state index contributed by atoms with van der Waals surface area (Å²) in [5, 5.41) is 2.66. The summed E-state index contributed by atoms with van der Waals surface area (Å²) in [5.41, 5.74) is 0. The normalized spacial score (nSPS) is 20.2. The summed E-state index contributed by atoms with van der Waals surface area (Å²) < 4.78 is 5.29. The highest BCUT2D eigenvalue weighted by atomic mass is 35.5. The third-order valence-electron chi connectivity index (χ3n) is 4.63. The Morgan fingerprint density at radius 1 is 1.18 bits per heavy atom. The van der Waals surface area contributed by atoms with Gasteiger partial charge < -0.3 is 10.1 Å². The summed E-state index contributed by atoms with van der Waals surface area (Å²) in [4.78, 5) is 37.4. The Hall–Kier alpha value is -0.690. The molecule has 0 saturated carbocycles. The highest BCUT2D eigenvalue weighted by molar-refractivity contribution is 6.44. The maximum absolute atomic E-state index is 13.2. The minimum atomic E-state index is -0.948. The Labute approximate surface area is 185 Å². The molecule has 4 unspecified atom stereocenters. The molecule has 160 valence electrons. The van der Waals surface area contributed by atoms with Crippen LogP contribution in [-0.2, 0) is 19.1 Å². The Bertz CT molecular complexity index is 612. The molecule has 1 rings (SSSR count). The van der Waals surface area contributed by atoms with Gasteiger partial charge in [0.05, 0.1) is 13.2 Å². The van der Waals surface area contributed by atoms with Crippen LogP contribution in [0.3, 0.4) is 0 Å². The second-order valence-electron chi connectivity index (χ2n) is 6.88. The molecule has 0 spiro atoms. The van der Waals surface area contributed by atoms with Crippen LogP contribution in [0, 0.1) is 11.8 Å². The van der Waals surface area contributed by atoms with E-state index >= 15 is 0 Å². The van der Waals surface area contributed by atoms with Crippen molar-refractivity contribution < 1.29 is 19.1 Å². The minimum Gasteiger partial charge on any atom is -0.499 e. The van der Waals surface area contributed by atoms with Crippen molar-refractivity contribution in [3.63, 3.8) is 0 Å². The monoisotopic (exact) mass is 474 g/mol. The van der Waals surface area contributed by atoms with E-state index in [4.69, 9.17) is 51.1 Å². The first-order valence-electron chi connectivity index (χ1n) is 9.01. The predicted octanol–water partition coefficient (Wildman–Crippen LogP) is 3.81. The average molecular weight is 476 g/mol. The van der Waals surface area contributed by atoms with Crippen molar-refractivity contribution in [1.82, 2.24) is 10.2 Å². The molecule has 0 aliphatic carbocycles. The van der Waals surface area contributed by atoms with Crippen LogP contribution in [0.4, 0.5) is 0 Å². The number of hydrogen-bond acceptors (Lipinski definition) is 4. The molecule has 0 radical (unpaired) electrons. The zero-order valence-electron chi connectivity index (χ0n) is 16.3. The number of imide groups is 1. The van der Waals surface area contributed by atoms with Crippen molar-refractivity contribution in [3.8, 4) is 0 Å². The van der Waals surface area contributed by atoms with Crippen LogP contribution in [0.2, 0.25) is 0 Å². The van der Waals surface area contributed by atoms with Gasteiger partial charge in [0, 0.05) is 12.5 Å². The third kappa shape index (κ3) is 6.68. The Kier molecular flexibility index (Phi) is 10.4. The highest BCUT2D eigenvalue weighted by Crippen LogP contribution is 2.31. The van der Waals surface area contributed by atoms with Gasteiger partial charge in [0.15, 0.2) is 0 Å². The first-order chi connectivity index (χ1) is 13.0. The second-order valence-corrected chi connectivity index (χ2v) is 9.21. The van der Waals surface area contributed by atoms with Crippen LogP contribution in [0.1, 0.15) is 40.0 Å². The van der Waals surface area contributed by atoms with Gasteiger partial charge in [-0.1, -0.05) is 20.8 Å². The SMILES string of the molecule is CCC(=O)NC(CC(C)C(Cl)Cl)C(=O)N1C(=O)C=C(OC)C1CC(C)C(Cl)Cl. The molecule has 0 aromatic heterocycles. The number of carbonyl (C=O) groups is 3. The molecule has 0 fully saturated rings. The molecular weight excluding hydrogens is 450 g/mol. The van der Waals surface area contributed by atoms with E-state index in [0.717, 1.165) is 4.90 Å². The van der Waals surface area contributed by atoms with E-state index < -0.39 is 33.6 Å². The number of alkyl halides is 4. The molecule has 3 amide bonds. The van der Waals surface area contributed by atoms with Crippen LogP contribution < -0.4 is 5.32 Å². The van der Waals surface area contributed by atoms with Crippen LogP contribution in [0.5, 0.6) is 0 Å². The van der Waals surface area contributed by atoms with E-state index in [1.165, 1.54) is 13.2 Å². The van der Waals surface area contributed by atoms with Gasteiger partial charge in [-0.3, -0.25) is 19.3 Å². The number of nitrogens with one attached hydrogen (secondary N) is 1. The third-order valence-corrected chi connectivity index (χ3v) is 6.35. The molecule has 10 heteroatoms. The van der Waals surface area contributed by atoms with Gasteiger partial charge in [-0.2, -0.15) is 0 Å². The van der Waals surface area contributed by atoms with Gasteiger partial charge >= 0.3 is 0 Å². The van der Waals surface area contributed by atoms with Crippen LogP contribution >= 0.6 is 46.4 Å². The predicted molar refractivity (Wildman–Crippen MR) is 112 cm³/mol. The molecule has 4 atom stereocenters. The fourth-order valence-electron chi connectivity index (χ4n) is 2.86. The Morgan fingerprint density at radius 3 is 2.21 bits per heavy atom. The summed E-state index contributed by atoms with van der Waals surface area (Å²) >= 11 is 23.7. The van der Waals surface area contributed by atoms with E-state index in [1.54, 1.807) is 13.8 Å². The lowest BCUT2D eigenvalue weighted by Gasteiger charge is -2.31. The fourth-order valence-corrected chi connectivity index (χ4v) is 3.27. The number of hydrogen-bond donors (Lipinski definition) is 1. The molecule has 1 N–H and O–H groups in total. The van der Waals surface area contributed by atoms with Crippen LogP contribution in [0.15, 0.2) is 11.8 Å². The van der Waals surface area contributed by atoms with E-state index in [0.29, 0.717) is 12.2 Å². The van der Waals surface area contributed by atoms with Crippen LogP contribution in [0.25, 0.3) is 0 Å². The smallest absolute Gasteiger partial charge is 0.257 e. The zero-order chi connectivity index (χ0) is 21.6. The van der Waals surface area contributed by atoms with E-state index in [-0.39, 0.29) is 30.6 Å². The first-order valence-corrected chi connectivity index (χ1v) is 10.8. The van der Waals surface area contributed by atoms with Gasteiger partial charge in [-0.25, -0.2) is 0 Å². The van der Waals surface area contributed by atoms with Crippen molar-refractivity contribution >= 4 is 64.1 Å². The van der Waals surface area contributed by atoms with E-state index in [1.807, 2.05) is 6.92 Å². The maximum Gasteiger partial charge on any atom is 0.257 e. The van der Waals surface area contributed by atoms with Gasteiger partial charge in [0.1, 0.15) is 21.5 Å². The zero-order valence-corrected chi connectivity index (χ0v) is 19.3. The highest BCUT2D eigenvalue weighted by Gasteiger charge is 2.42. The summed E-state index contributed by atoms with van der Waals surface area (Å²) in [7, 11) is 1.42. The van der Waals surface area contributed by atoms with Crippen molar-refractivity contribution in [3.05, 3.63) is 11.8 Å². The fraction of sp³-hybridized carbons (Fsp3) is 0.722. The lowest BCUT2D eigenvalue weighted by molar-refractivity contribution is -0.146. The quantitative estimate of drug-likeness (QED) is 0.487. The topological polar surface area (TPSA) is 75.7 Å². The molecule has 1 aliphatic heterocycles. The summed E-state index contributed by atoms with van der Waals surface area (Å²) in [5.74, 6) is -1.52. The van der Waals surface area contributed by atoms with Crippen molar-refractivity contribution in [2.75, 3.05) is 7.11 Å². The first kappa shape index (κ1) is 25.3. The molecular formula is C18H26Cl4N2O4.